The predicted molar refractivity (Wildman–Crippen MR) is 91.0 cm³/mol. The van der Waals surface area contributed by atoms with Crippen LogP contribution in [0.4, 0.5) is 4.79 Å². The number of nitrogens with one attached hydrogen (secondary N) is 2. The fourth-order valence-corrected chi connectivity index (χ4v) is 3.32. The Balaban J connectivity index is 1.84. The standard InChI is InChI=1S/C18H25N3O3/c1-3-19-18(23)21-10-14(13-6-4-5-7-16(13)24-2)15(11-21)17(22)20-12-8-9-12/h4-7,12,14-15H,3,8-11H2,1-2H3,(H,19,23)(H,20,22)/t14-,15-/m1/s1. The first kappa shape index (κ1) is 16.6. The van der Waals surface area contributed by atoms with E-state index >= 15 is 0 Å². The topological polar surface area (TPSA) is 70.7 Å². The van der Waals surface area contributed by atoms with Crippen LogP contribution in [0.3, 0.4) is 0 Å². The number of amides is 3. The molecule has 2 N–H and O–H groups in total. The zero-order valence-electron chi connectivity index (χ0n) is 14.2. The molecule has 2 aliphatic rings. The van der Waals surface area contributed by atoms with E-state index in [0.717, 1.165) is 24.2 Å². The Morgan fingerprint density at radius 1 is 1.25 bits per heavy atom. The molecule has 1 saturated heterocycles. The van der Waals surface area contributed by atoms with Crippen LogP contribution in [0, 0.1) is 5.92 Å². The van der Waals surface area contributed by atoms with E-state index in [9.17, 15) is 9.59 Å². The van der Waals surface area contributed by atoms with E-state index in [1.807, 2.05) is 31.2 Å². The number of carbonyl (C=O) groups is 2. The molecule has 0 spiro atoms. The second kappa shape index (κ2) is 7.11. The number of benzene rings is 1. The number of urea groups is 1. The molecule has 1 saturated carbocycles. The number of nitrogens with zero attached hydrogens (tertiary/aromatic N) is 1. The minimum atomic E-state index is -0.246. The van der Waals surface area contributed by atoms with E-state index in [1.54, 1.807) is 12.0 Å². The summed E-state index contributed by atoms with van der Waals surface area (Å²) in [6.07, 6.45) is 2.11. The Kier molecular flexibility index (Phi) is 4.92. The van der Waals surface area contributed by atoms with E-state index in [-0.39, 0.29) is 23.8 Å². The lowest BCUT2D eigenvalue weighted by atomic mass is 9.87. The summed E-state index contributed by atoms with van der Waals surface area (Å²) in [5.41, 5.74) is 0.989. The van der Waals surface area contributed by atoms with Crippen molar-refractivity contribution in [1.82, 2.24) is 15.5 Å². The SMILES string of the molecule is CCNC(=O)N1C[C@H](c2ccccc2OC)[C@H](C(=O)NC2CC2)C1. The molecule has 1 aromatic rings. The van der Waals surface area contributed by atoms with Gasteiger partial charge in [0.1, 0.15) is 5.75 Å². The van der Waals surface area contributed by atoms with Gasteiger partial charge in [-0.3, -0.25) is 4.79 Å². The van der Waals surface area contributed by atoms with E-state index < -0.39 is 0 Å². The van der Waals surface area contributed by atoms with Crippen molar-refractivity contribution in [3.05, 3.63) is 29.8 Å². The minimum Gasteiger partial charge on any atom is -0.496 e. The smallest absolute Gasteiger partial charge is 0.317 e. The number of rotatable bonds is 5. The fraction of sp³-hybridized carbons (Fsp3) is 0.556. The van der Waals surface area contributed by atoms with Gasteiger partial charge in [-0.1, -0.05) is 18.2 Å². The molecule has 6 heteroatoms. The lowest BCUT2D eigenvalue weighted by Crippen LogP contribution is -2.40. The predicted octanol–water partition coefficient (Wildman–Crippen LogP) is 1.72. The molecule has 0 unspecified atom stereocenters. The molecule has 1 aromatic carbocycles. The summed E-state index contributed by atoms with van der Waals surface area (Å²) in [5.74, 6) is 0.511. The fourth-order valence-electron chi connectivity index (χ4n) is 3.32. The van der Waals surface area contributed by atoms with E-state index in [0.29, 0.717) is 25.7 Å². The average molecular weight is 331 g/mol. The minimum absolute atomic E-state index is 0.0419. The normalized spacial score (nSPS) is 23.0. The third-order valence-electron chi connectivity index (χ3n) is 4.73. The molecule has 1 aliphatic heterocycles. The lowest BCUT2D eigenvalue weighted by molar-refractivity contribution is -0.125. The van der Waals surface area contributed by atoms with Gasteiger partial charge in [0.15, 0.2) is 0 Å². The molecule has 2 atom stereocenters. The third-order valence-corrected chi connectivity index (χ3v) is 4.73. The van der Waals surface area contributed by atoms with Crippen LogP contribution in [-0.4, -0.2) is 49.6 Å². The van der Waals surface area contributed by atoms with Gasteiger partial charge in [0.05, 0.1) is 13.0 Å². The zero-order valence-corrected chi connectivity index (χ0v) is 14.2. The lowest BCUT2D eigenvalue weighted by Gasteiger charge is -2.20. The van der Waals surface area contributed by atoms with Crippen molar-refractivity contribution in [3.8, 4) is 5.75 Å². The number of carbonyl (C=O) groups excluding carboxylic acids is 2. The van der Waals surface area contributed by atoms with Crippen molar-refractivity contribution in [2.24, 2.45) is 5.92 Å². The number of hydrogen-bond acceptors (Lipinski definition) is 3. The molecular formula is C18H25N3O3. The van der Waals surface area contributed by atoms with E-state index in [2.05, 4.69) is 10.6 Å². The first-order valence-electron chi connectivity index (χ1n) is 8.60. The second-order valence-electron chi connectivity index (χ2n) is 6.48. The molecular weight excluding hydrogens is 306 g/mol. The van der Waals surface area contributed by atoms with Gasteiger partial charge in [0.25, 0.3) is 0 Å². The summed E-state index contributed by atoms with van der Waals surface area (Å²) >= 11 is 0. The van der Waals surface area contributed by atoms with Crippen LogP contribution < -0.4 is 15.4 Å². The van der Waals surface area contributed by atoms with E-state index in [1.165, 1.54) is 0 Å². The van der Waals surface area contributed by atoms with Crippen molar-refractivity contribution >= 4 is 11.9 Å². The van der Waals surface area contributed by atoms with Crippen LogP contribution in [0.2, 0.25) is 0 Å². The maximum Gasteiger partial charge on any atom is 0.317 e. The van der Waals surface area contributed by atoms with Crippen molar-refractivity contribution in [3.63, 3.8) is 0 Å². The van der Waals surface area contributed by atoms with Crippen LogP contribution in [-0.2, 0) is 4.79 Å². The highest BCUT2D eigenvalue weighted by Crippen LogP contribution is 2.38. The first-order chi connectivity index (χ1) is 11.6. The Bertz CT molecular complexity index is 615. The van der Waals surface area contributed by atoms with Crippen LogP contribution in [0.1, 0.15) is 31.2 Å². The summed E-state index contributed by atoms with van der Waals surface area (Å²) in [5, 5.41) is 5.91. The zero-order chi connectivity index (χ0) is 17.1. The monoisotopic (exact) mass is 331 g/mol. The molecule has 0 aromatic heterocycles. The van der Waals surface area contributed by atoms with Crippen molar-refractivity contribution in [1.29, 1.82) is 0 Å². The van der Waals surface area contributed by atoms with Crippen LogP contribution in [0.25, 0.3) is 0 Å². The molecule has 6 nitrogen and oxygen atoms in total. The van der Waals surface area contributed by atoms with Gasteiger partial charge in [-0.05, 0) is 31.4 Å². The first-order valence-corrected chi connectivity index (χ1v) is 8.60. The van der Waals surface area contributed by atoms with Gasteiger partial charge < -0.3 is 20.3 Å². The second-order valence-corrected chi connectivity index (χ2v) is 6.48. The van der Waals surface area contributed by atoms with E-state index in [4.69, 9.17) is 4.74 Å². The highest BCUT2D eigenvalue weighted by atomic mass is 16.5. The number of ether oxygens (including phenoxy) is 1. The van der Waals surface area contributed by atoms with Crippen LogP contribution >= 0.6 is 0 Å². The largest absolute Gasteiger partial charge is 0.496 e. The highest BCUT2D eigenvalue weighted by molar-refractivity contribution is 5.83. The Morgan fingerprint density at radius 2 is 2.00 bits per heavy atom. The van der Waals surface area contributed by atoms with Gasteiger partial charge in [0, 0.05) is 31.6 Å². The number of para-hydroxylation sites is 1. The Hall–Kier alpha value is -2.24. The quantitative estimate of drug-likeness (QED) is 0.863. The van der Waals surface area contributed by atoms with Gasteiger partial charge in [-0.25, -0.2) is 4.79 Å². The maximum absolute atomic E-state index is 12.7. The number of likely N-dealkylation sites (tertiary alicyclic amines) is 1. The van der Waals surface area contributed by atoms with Crippen molar-refractivity contribution in [2.45, 2.75) is 31.7 Å². The summed E-state index contributed by atoms with van der Waals surface area (Å²) in [6, 6.07) is 7.95. The molecule has 24 heavy (non-hydrogen) atoms. The summed E-state index contributed by atoms with van der Waals surface area (Å²) < 4.78 is 5.47. The average Bonchev–Trinajstić information content (AvgIpc) is 3.29. The summed E-state index contributed by atoms with van der Waals surface area (Å²) in [6.45, 7) is 3.43. The van der Waals surface area contributed by atoms with Crippen molar-refractivity contribution in [2.75, 3.05) is 26.7 Å². The highest BCUT2D eigenvalue weighted by Gasteiger charge is 2.42. The summed E-state index contributed by atoms with van der Waals surface area (Å²) in [4.78, 5) is 26.7. The van der Waals surface area contributed by atoms with Crippen LogP contribution in [0.5, 0.6) is 5.75 Å². The Morgan fingerprint density at radius 3 is 2.67 bits per heavy atom. The number of methoxy groups -OCH3 is 1. The van der Waals surface area contributed by atoms with Gasteiger partial charge in [-0.2, -0.15) is 0 Å². The Labute approximate surface area is 142 Å². The molecule has 0 radical (unpaired) electrons. The number of hydrogen-bond donors (Lipinski definition) is 2. The van der Waals surface area contributed by atoms with Crippen LogP contribution in [0.15, 0.2) is 24.3 Å². The van der Waals surface area contributed by atoms with Gasteiger partial charge in [0.2, 0.25) is 5.91 Å². The molecule has 1 aliphatic carbocycles. The summed E-state index contributed by atoms with van der Waals surface area (Å²) in [7, 11) is 1.63. The maximum atomic E-state index is 12.7. The molecule has 2 fully saturated rings. The molecule has 130 valence electrons. The van der Waals surface area contributed by atoms with Gasteiger partial charge >= 0.3 is 6.03 Å². The molecule has 3 amide bonds. The van der Waals surface area contributed by atoms with Crippen molar-refractivity contribution < 1.29 is 14.3 Å². The third kappa shape index (κ3) is 3.47. The van der Waals surface area contributed by atoms with Gasteiger partial charge in [-0.15, -0.1) is 0 Å². The molecule has 3 rings (SSSR count). The molecule has 1 heterocycles. The molecule has 0 bridgehead atoms.